The Bertz CT molecular complexity index is 707. The van der Waals surface area contributed by atoms with Crippen molar-refractivity contribution in [1.82, 2.24) is 5.32 Å². The minimum atomic E-state index is -0.734. The van der Waals surface area contributed by atoms with Crippen LogP contribution in [0.15, 0.2) is 12.1 Å². The van der Waals surface area contributed by atoms with Crippen LogP contribution in [0.25, 0.3) is 0 Å². The Kier molecular flexibility index (Phi) is 10.0. The van der Waals surface area contributed by atoms with Crippen molar-refractivity contribution < 1.29 is 28.2 Å². The van der Waals surface area contributed by atoms with Crippen LogP contribution in [0.1, 0.15) is 64.7 Å². The molecular weight excluding hydrogens is 413 g/mol. The number of hydrogen-bond acceptors (Lipinski definition) is 6. The summed E-state index contributed by atoms with van der Waals surface area (Å²) < 4.78 is 29.5. The molecular formula is C22H33ClFNO5. The zero-order chi connectivity index (χ0) is 22.9. The molecule has 1 heterocycles. The van der Waals surface area contributed by atoms with Gasteiger partial charge < -0.3 is 19.5 Å². The molecule has 30 heavy (non-hydrogen) atoms. The molecule has 1 N–H and O–H groups in total. The molecule has 0 amide bonds. The lowest BCUT2D eigenvalue weighted by molar-refractivity contribution is -0.138. The summed E-state index contributed by atoms with van der Waals surface area (Å²) in [6.07, 6.45) is 2.05. The van der Waals surface area contributed by atoms with Gasteiger partial charge in [0.25, 0.3) is 6.47 Å². The van der Waals surface area contributed by atoms with Gasteiger partial charge in [0.15, 0.2) is 0 Å². The van der Waals surface area contributed by atoms with Gasteiger partial charge in [-0.15, -0.1) is 0 Å². The number of carbonyl (C=O) groups is 2. The molecule has 1 aromatic carbocycles. The molecule has 6 nitrogen and oxygen atoms in total. The van der Waals surface area contributed by atoms with Crippen LogP contribution < -0.4 is 10.1 Å². The van der Waals surface area contributed by atoms with Crippen molar-refractivity contribution in [2.75, 3.05) is 19.7 Å². The Morgan fingerprint density at radius 1 is 1.17 bits per heavy atom. The van der Waals surface area contributed by atoms with E-state index >= 15 is 0 Å². The number of nitrogens with one attached hydrogen (secondary N) is 1. The van der Waals surface area contributed by atoms with Gasteiger partial charge in [-0.2, -0.15) is 0 Å². The molecule has 0 aliphatic carbocycles. The standard InChI is InChI=1S/C17H23ClFNO3.C5H10O2/c1-17(2,3)23-16(21)12-8-13(18)15(9-14(12)19)22-10-11-4-6-20-7-5-11;1-5(2,3)7-4-6/h8-9,11,20H,4-7,10H2,1-3H3;4H,1-3H3. The van der Waals surface area contributed by atoms with E-state index in [1.807, 2.05) is 20.8 Å². The van der Waals surface area contributed by atoms with Crippen LogP contribution in [-0.2, 0) is 14.3 Å². The molecule has 0 radical (unpaired) electrons. The number of ether oxygens (including phenoxy) is 3. The highest BCUT2D eigenvalue weighted by atomic mass is 35.5. The lowest BCUT2D eigenvalue weighted by atomic mass is 9.99. The minimum Gasteiger partial charge on any atom is -0.492 e. The van der Waals surface area contributed by atoms with Crippen molar-refractivity contribution in [3.05, 3.63) is 28.5 Å². The molecule has 0 atom stereocenters. The lowest BCUT2D eigenvalue weighted by Crippen LogP contribution is -2.30. The van der Waals surface area contributed by atoms with Gasteiger partial charge in [-0.1, -0.05) is 11.6 Å². The van der Waals surface area contributed by atoms with Gasteiger partial charge in [-0.05, 0) is 79.5 Å². The molecule has 0 bridgehead atoms. The largest absolute Gasteiger partial charge is 0.492 e. The average molecular weight is 446 g/mol. The van der Waals surface area contributed by atoms with E-state index in [-0.39, 0.29) is 21.9 Å². The smallest absolute Gasteiger partial charge is 0.341 e. The van der Waals surface area contributed by atoms with E-state index in [1.165, 1.54) is 6.07 Å². The molecule has 1 aromatic rings. The van der Waals surface area contributed by atoms with Crippen molar-refractivity contribution in [3.8, 4) is 5.75 Å². The van der Waals surface area contributed by atoms with Crippen LogP contribution in [0.2, 0.25) is 5.02 Å². The zero-order valence-corrected chi connectivity index (χ0v) is 19.4. The highest BCUT2D eigenvalue weighted by Crippen LogP contribution is 2.29. The van der Waals surface area contributed by atoms with Gasteiger partial charge in [0.05, 0.1) is 17.2 Å². The summed E-state index contributed by atoms with van der Waals surface area (Å²) >= 11 is 6.12. The van der Waals surface area contributed by atoms with E-state index in [2.05, 4.69) is 10.1 Å². The Balaban J connectivity index is 0.000000553. The van der Waals surface area contributed by atoms with Crippen LogP contribution in [0.4, 0.5) is 4.39 Å². The monoisotopic (exact) mass is 445 g/mol. The third-order valence-electron chi connectivity index (χ3n) is 3.98. The molecule has 0 saturated carbocycles. The second-order valence-corrected chi connectivity index (χ2v) is 9.50. The highest BCUT2D eigenvalue weighted by molar-refractivity contribution is 6.32. The third kappa shape index (κ3) is 10.3. The second kappa shape index (κ2) is 11.5. The van der Waals surface area contributed by atoms with Gasteiger partial charge in [-0.3, -0.25) is 4.79 Å². The first-order valence-electron chi connectivity index (χ1n) is 10.00. The molecule has 0 spiro atoms. The number of hydrogen-bond donors (Lipinski definition) is 1. The molecule has 1 fully saturated rings. The van der Waals surface area contributed by atoms with E-state index in [0.717, 1.165) is 32.0 Å². The lowest BCUT2D eigenvalue weighted by Gasteiger charge is -2.23. The van der Waals surface area contributed by atoms with E-state index in [0.29, 0.717) is 19.0 Å². The van der Waals surface area contributed by atoms with Crippen LogP contribution >= 0.6 is 11.6 Å². The van der Waals surface area contributed by atoms with Gasteiger partial charge in [-0.25, -0.2) is 9.18 Å². The first kappa shape index (κ1) is 26.2. The van der Waals surface area contributed by atoms with Crippen molar-refractivity contribution in [2.24, 2.45) is 5.92 Å². The molecule has 8 heteroatoms. The van der Waals surface area contributed by atoms with Crippen LogP contribution in [0, 0.1) is 11.7 Å². The summed E-state index contributed by atoms with van der Waals surface area (Å²) in [7, 11) is 0. The Hall–Kier alpha value is -1.86. The average Bonchev–Trinajstić information content (AvgIpc) is 2.61. The van der Waals surface area contributed by atoms with E-state index in [9.17, 15) is 14.0 Å². The quantitative estimate of drug-likeness (QED) is 0.519. The number of esters is 1. The fraction of sp³-hybridized carbons (Fsp3) is 0.636. The predicted octanol–water partition coefficient (Wildman–Crippen LogP) is 4.77. The molecule has 2 rings (SSSR count). The third-order valence-corrected chi connectivity index (χ3v) is 4.27. The summed E-state index contributed by atoms with van der Waals surface area (Å²) in [6, 6.07) is 2.42. The summed E-state index contributed by atoms with van der Waals surface area (Å²) in [6.45, 7) is 13.5. The molecule has 0 unspecified atom stereocenters. The van der Waals surface area contributed by atoms with Crippen molar-refractivity contribution in [1.29, 1.82) is 0 Å². The SMILES string of the molecule is CC(C)(C)OC(=O)c1cc(Cl)c(OCC2CCNCC2)cc1F.CC(C)(C)OC=O. The predicted molar refractivity (Wildman–Crippen MR) is 115 cm³/mol. The molecule has 1 aliphatic heterocycles. The number of benzene rings is 1. The zero-order valence-electron chi connectivity index (χ0n) is 18.6. The summed E-state index contributed by atoms with van der Waals surface area (Å²) in [4.78, 5) is 21.6. The molecule has 1 saturated heterocycles. The maximum absolute atomic E-state index is 14.2. The minimum absolute atomic E-state index is 0.181. The first-order valence-corrected chi connectivity index (χ1v) is 10.4. The van der Waals surface area contributed by atoms with Crippen LogP contribution in [-0.4, -0.2) is 43.3 Å². The fourth-order valence-corrected chi connectivity index (χ4v) is 2.75. The summed E-state index contributed by atoms with van der Waals surface area (Å²) in [5, 5.41) is 3.49. The Labute approximate surface area is 183 Å². The van der Waals surface area contributed by atoms with Gasteiger partial charge in [0, 0.05) is 6.07 Å². The number of halogens is 2. The normalized spacial score (nSPS) is 14.9. The Morgan fingerprint density at radius 3 is 2.23 bits per heavy atom. The fourth-order valence-electron chi connectivity index (χ4n) is 2.53. The Morgan fingerprint density at radius 2 is 1.77 bits per heavy atom. The first-order chi connectivity index (χ1) is 13.8. The van der Waals surface area contributed by atoms with E-state index < -0.39 is 17.4 Å². The van der Waals surface area contributed by atoms with Crippen molar-refractivity contribution >= 4 is 24.0 Å². The number of rotatable bonds is 5. The molecule has 170 valence electrons. The van der Waals surface area contributed by atoms with Crippen molar-refractivity contribution in [3.63, 3.8) is 0 Å². The van der Waals surface area contributed by atoms with Crippen LogP contribution in [0.3, 0.4) is 0 Å². The van der Waals surface area contributed by atoms with E-state index in [1.54, 1.807) is 20.8 Å². The van der Waals surface area contributed by atoms with Crippen LogP contribution in [0.5, 0.6) is 5.75 Å². The maximum Gasteiger partial charge on any atom is 0.341 e. The maximum atomic E-state index is 14.2. The molecule has 1 aliphatic rings. The van der Waals surface area contributed by atoms with Gasteiger partial charge >= 0.3 is 5.97 Å². The number of carbonyl (C=O) groups excluding carboxylic acids is 2. The van der Waals surface area contributed by atoms with Crippen molar-refractivity contribution in [2.45, 2.75) is 65.6 Å². The number of piperidine rings is 1. The molecule has 0 aromatic heterocycles. The topological polar surface area (TPSA) is 73.9 Å². The van der Waals surface area contributed by atoms with Gasteiger partial charge in [0.2, 0.25) is 0 Å². The van der Waals surface area contributed by atoms with E-state index in [4.69, 9.17) is 21.1 Å². The van der Waals surface area contributed by atoms with Gasteiger partial charge in [0.1, 0.15) is 22.8 Å². The summed E-state index contributed by atoms with van der Waals surface area (Å²) in [5.41, 5.74) is -1.19. The summed E-state index contributed by atoms with van der Waals surface area (Å²) in [5.74, 6) is -0.735. The second-order valence-electron chi connectivity index (χ2n) is 9.10. The highest BCUT2D eigenvalue weighted by Gasteiger charge is 2.23.